The van der Waals surface area contributed by atoms with Crippen molar-refractivity contribution in [2.75, 3.05) is 30.4 Å². The Hall–Kier alpha value is -3.01. The highest BCUT2D eigenvalue weighted by atomic mass is 32.1. The van der Waals surface area contributed by atoms with Crippen LogP contribution < -0.4 is 10.2 Å². The smallest absolute Gasteiger partial charge is 0.349 e. The van der Waals surface area contributed by atoms with Gasteiger partial charge in [-0.25, -0.2) is 19.7 Å². The molecule has 1 unspecified atom stereocenters. The highest BCUT2D eigenvalue weighted by Crippen LogP contribution is 2.25. The molecule has 0 radical (unpaired) electrons. The molecule has 0 aromatic carbocycles. The normalized spacial score (nSPS) is 16.5. The van der Waals surface area contributed by atoms with Gasteiger partial charge in [0.1, 0.15) is 4.88 Å². The van der Waals surface area contributed by atoms with E-state index in [0.717, 1.165) is 30.8 Å². The summed E-state index contributed by atoms with van der Waals surface area (Å²) in [5, 5.41) is 8.29. The fourth-order valence-electron chi connectivity index (χ4n) is 2.99. The lowest BCUT2D eigenvalue weighted by Gasteiger charge is -2.17. The summed E-state index contributed by atoms with van der Waals surface area (Å²) < 4.78 is 6.47. The van der Waals surface area contributed by atoms with Gasteiger partial charge < -0.3 is 15.0 Å². The molecule has 27 heavy (non-hydrogen) atoms. The zero-order chi connectivity index (χ0) is 18.8. The lowest BCUT2D eigenvalue weighted by atomic mass is 10.2. The molecule has 1 fully saturated rings. The second-order valence-electron chi connectivity index (χ2n) is 6.24. The number of rotatable bonds is 5. The van der Waals surface area contributed by atoms with Crippen molar-refractivity contribution in [3.8, 4) is 11.3 Å². The van der Waals surface area contributed by atoms with Crippen molar-refractivity contribution in [3.05, 3.63) is 35.7 Å². The Balaban J connectivity index is 1.42. The maximum atomic E-state index is 11.5. The zero-order valence-electron chi connectivity index (χ0n) is 15.0. The topological polar surface area (TPSA) is 98.1 Å². The number of thiazole rings is 1. The van der Waals surface area contributed by atoms with Gasteiger partial charge in [-0.1, -0.05) is 11.3 Å². The summed E-state index contributed by atoms with van der Waals surface area (Å²) in [5.74, 6) is 0.337. The average Bonchev–Trinajstić information content (AvgIpc) is 3.43. The SMILES string of the molecule is COC(=O)c1cnc(NC2CCN(c3nccc(-c4cnn(C)c4)n3)C2)s1. The van der Waals surface area contributed by atoms with Crippen LogP contribution in [0.15, 0.2) is 30.9 Å². The Morgan fingerprint density at radius 3 is 3.04 bits per heavy atom. The van der Waals surface area contributed by atoms with Crippen molar-refractivity contribution in [1.29, 1.82) is 0 Å². The molecular weight excluding hydrogens is 366 g/mol. The molecule has 0 spiro atoms. The van der Waals surface area contributed by atoms with Crippen LogP contribution in [0.3, 0.4) is 0 Å². The van der Waals surface area contributed by atoms with Crippen LogP contribution >= 0.6 is 11.3 Å². The van der Waals surface area contributed by atoms with Gasteiger partial charge in [0, 0.05) is 44.1 Å². The molecule has 3 aromatic heterocycles. The summed E-state index contributed by atoms with van der Waals surface area (Å²) >= 11 is 1.30. The van der Waals surface area contributed by atoms with Crippen molar-refractivity contribution in [2.45, 2.75) is 12.5 Å². The van der Waals surface area contributed by atoms with E-state index in [0.29, 0.717) is 16.0 Å². The number of nitrogens with one attached hydrogen (secondary N) is 1. The van der Waals surface area contributed by atoms with Crippen molar-refractivity contribution in [2.24, 2.45) is 7.05 Å². The second kappa shape index (κ2) is 7.31. The van der Waals surface area contributed by atoms with E-state index in [9.17, 15) is 4.79 Å². The third kappa shape index (κ3) is 3.75. The third-order valence-corrected chi connectivity index (χ3v) is 5.24. The Bertz CT molecular complexity index is 954. The number of carbonyl (C=O) groups excluding carboxylic acids is 1. The first-order chi connectivity index (χ1) is 13.1. The van der Waals surface area contributed by atoms with Crippen LogP contribution in [0.2, 0.25) is 0 Å². The number of aromatic nitrogens is 5. The maximum absolute atomic E-state index is 11.5. The van der Waals surface area contributed by atoms with Crippen LogP contribution in [-0.4, -0.2) is 56.9 Å². The van der Waals surface area contributed by atoms with Crippen molar-refractivity contribution < 1.29 is 9.53 Å². The van der Waals surface area contributed by atoms with Crippen LogP contribution in [0.5, 0.6) is 0 Å². The first-order valence-electron chi connectivity index (χ1n) is 8.50. The van der Waals surface area contributed by atoms with Crippen LogP contribution in [0, 0.1) is 0 Å². The summed E-state index contributed by atoms with van der Waals surface area (Å²) in [6, 6.07) is 2.10. The monoisotopic (exact) mass is 385 g/mol. The van der Waals surface area contributed by atoms with Gasteiger partial charge in [-0.3, -0.25) is 4.68 Å². The number of anilines is 2. The molecule has 1 aliphatic heterocycles. The first kappa shape index (κ1) is 17.4. The molecule has 9 nitrogen and oxygen atoms in total. The molecule has 10 heteroatoms. The van der Waals surface area contributed by atoms with Crippen molar-refractivity contribution in [1.82, 2.24) is 24.7 Å². The Labute approximate surface area is 160 Å². The van der Waals surface area contributed by atoms with Gasteiger partial charge >= 0.3 is 5.97 Å². The van der Waals surface area contributed by atoms with Crippen LogP contribution in [0.4, 0.5) is 11.1 Å². The van der Waals surface area contributed by atoms with E-state index < -0.39 is 0 Å². The number of hydrogen-bond donors (Lipinski definition) is 1. The lowest BCUT2D eigenvalue weighted by molar-refractivity contribution is 0.0606. The predicted octanol–water partition coefficient (Wildman–Crippen LogP) is 1.81. The Morgan fingerprint density at radius 1 is 1.37 bits per heavy atom. The quantitative estimate of drug-likeness (QED) is 0.664. The van der Waals surface area contributed by atoms with E-state index in [1.807, 2.05) is 19.3 Å². The van der Waals surface area contributed by atoms with Gasteiger partial charge in [0.25, 0.3) is 0 Å². The molecule has 4 heterocycles. The molecule has 1 atom stereocenters. The van der Waals surface area contributed by atoms with Crippen LogP contribution in [0.1, 0.15) is 16.1 Å². The van der Waals surface area contributed by atoms with Crippen LogP contribution in [0.25, 0.3) is 11.3 Å². The first-order valence-corrected chi connectivity index (χ1v) is 9.31. The van der Waals surface area contributed by atoms with Gasteiger partial charge in [-0.05, 0) is 12.5 Å². The minimum atomic E-state index is -0.366. The molecule has 1 N–H and O–H groups in total. The summed E-state index contributed by atoms with van der Waals surface area (Å²) in [6.45, 7) is 1.62. The highest BCUT2D eigenvalue weighted by molar-refractivity contribution is 7.17. The number of hydrogen-bond acceptors (Lipinski definition) is 9. The van der Waals surface area contributed by atoms with Gasteiger partial charge in [0.15, 0.2) is 5.13 Å². The fraction of sp³-hybridized carbons (Fsp3) is 0.353. The molecule has 0 aliphatic carbocycles. The van der Waals surface area contributed by atoms with Gasteiger partial charge in [-0.15, -0.1) is 0 Å². The molecular formula is C17H19N7O2S. The molecule has 140 valence electrons. The summed E-state index contributed by atoms with van der Waals surface area (Å²) in [6.07, 6.45) is 7.97. The minimum Gasteiger partial charge on any atom is -0.465 e. The second-order valence-corrected chi connectivity index (χ2v) is 7.27. The van der Waals surface area contributed by atoms with E-state index in [2.05, 4.69) is 30.3 Å². The average molecular weight is 385 g/mol. The summed E-state index contributed by atoms with van der Waals surface area (Å²) in [7, 11) is 3.25. The fourth-order valence-corrected chi connectivity index (χ4v) is 3.80. The largest absolute Gasteiger partial charge is 0.465 e. The maximum Gasteiger partial charge on any atom is 0.349 e. The number of methoxy groups -OCH3 is 1. The summed E-state index contributed by atoms with van der Waals surface area (Å²) in [5.41, 5.74) is 1.82. The molecule has 0 bridgehead atoms. The molecule has 4 rings (SSSR count). The number of carbonyl (C=O) groups is 1. The molecule has 1 saturated heterocycles. The van der Waals surface area contributed by atoms with Crippen LogP contribution in [-0.2, 0) is 11.8 Å². The zero-order valence-corrected chi connectivity index (χ0v) is 15.8. The summed E-state index contributed by atoms with van der Waals surface area (Å²) in [4.78, 5) is 27.5. The van der Waals surface area contributed by atoms with E-state index in [4.69, 9.17) is 4.74 Å². The van der Waals surface area contributed by atoms with Gasteiger partial charge in [-0.2, -0.15) is 5.10 Å². The van der Waals surface area contributed by atoms with Gasteiger partial charge in [0.05, 0.1) is 25.2 Å². The number of esters is 1. The van der Waals surface area contributed by atoms with E-state index in [-0.39, 0.29) is 12.0 Å². The minimum absolute atomic E-state index is 0.215. The van der Waals surface area contributed by atoms with Crippen molar-refractivity contribution >= 4 is 28.4 Å². The number of ether oxygens (including phenoxy) is 1. The lowest BCUT2D eigenvalue weighted by Crippen LogP contribution is -2.27. The third-order valence-electron chi connectivity index (χ3n) is 4.33. The highest BCUT2D eigenvalue weighted by Gasteiger charge is 2.25. The Kier molecular flexibility index (Phi) is 4.71. The molecule has 3 aromatic rings. The Morgan fingerprint density at radius 2 is 2.26 bits per heavy atom. The predicted molar refractivity (Wildman–Crippen MR) is 102 cm³/mol. The standard InChI is InChI=1S/C17H19N7O2S/c1-23-9-11(7-20-23)13-3-5-18-16(22-13)24-6-4-12(10-24)21-17-19-8-14(27-17)15(25)26-2/h3,5,7-9,12H,4,6,10H2,1-2H3,(H,19,21). The molecule has 0 amide bonds. The molecule has 0 saturated carbocycles. The van der Waals surface area contributed by atoms with Crippen molar-refractivity contribution in [3.63, 3.8) is 0 Å². The molecule has 1 aliphatic rings. The van der Waals surface area contributed by atoms with Gasteiger partial charge in [0.2, 0.25) is 5.95 Å². The van der Waals surface area contributed by atoms with E-state index in [1.54, 1.807) is 17.1 Å². The number of aryl methyl sites for hydroxylation is 1. The van der Waals surface area contributed by atoms with E-state index >= 15 is 0 Å². The van der Waals surface area contributed by atoms with E-state index in [1.165, 1.54) is 24.6 Å². The number of nitrogens with zero attached hydrogens (tertiary/aromatic N) is 6.